The molecule has 0 aliphatic rings. The van der Waals surface area contributed by atoms with Crippen molar-refractivity contribution in [2.24, 2.45) is 0 Å². The maximum atomic E-state index is 10.8. The summed E-state index contributed by atoms with van der Waals surface area (Å²) in [7, 11) is 1.52. The normalized spacial score (nSPS) is 13.9. The van der Waals surface area contributed by atoms with Crippen molar-refractivity contribution in [3.05, 3.63) is 23.8 Å². The molecular formula is C13H19NO4S. The van der Waals surface area contributed by atoms with Crippen molar-refractivity contribution in [3.8, 4) is 5.75 Å². The number of hydrogen-bond donors (Lipinski definition) is 3. The van der Waals surface area contributed by atoms with E-state index in [0.29, 0.717) is 29.2 Å². The monoisotopic (exact) mass is 285 g/mol. The van der Waals surface area contributed by atoms with Crippen LogP contribution >= 0.6 is 11.8 Å². The Morgan fingerprint density at radius 2 is 2.16 bits per heavy atom. The van der Waals surface area contributed by atoms with Gasteiger partial charge >= 0.3 is 0 Å². The summed E-state index contributed by atoms with van der Waals surface area (Å²) in [5.41, 5.74) is 6.60. The molecule has 19 heavy (non-hydrogen) atoms. The van der Waals surface area contributed by atoms with Crippen molar-refractivity contribution in [1.29, 1.82) is 0 Å². The van der Waals surface area contributed by atoms with Crippen molar-refractivity contribution in [1.82, 2.24) is 0 Å². The van der Waals surface area contributed by atoms with Crippen LogP contribution in [0.4, 0.5) is 5.69 Å². The first kappa shape index (κ1) is 15.8. The lowest BCUT2D eigenvalue weighted by atomic mass is 10.0. The number of aliphatic hydroxyl groups excluding tert-OH is 2. The molecule has 0 aliphatic heterocycles. The molecule has 0 radical (unpaired) electrons. The van der Waals surface area contributed by atoms with Gasteiger partial charge in [0.25, 0.3) is 0 Å². The van der Waals surface area contributed by atoms with Gasteiger partial charge in [-0.1, -0.05) is 11.8 Å². The molecule has 0 fully saturated rings. The Balaban J connectivity index is 2.70. The number of carbonyl (C=O) groups excluding carboxylic acids is 1. The first-order chi connectivity index (χ1) is 8.95. The molecule has 0 saturated carbocycles. The van der Waals surface area contributed by atoms with Crippen molar-refractivity contribution in [2.45, 2.75) is 25.6 Å². The molecule has 0 spiro atoms. The molecule has 2 unspecified atom stereocenters. The van der Waals surface area contributed by atoms with Crippen molar-refractivity contribution in [2.75, 3.05) is 18.6 Å². The number of rotatable bonds is 6. The maximum absolute atomic E-state index is 10.8. The van der Waals surface area contributed by atoms with Crippen molar-refractivity contribution >= 4 is 22.6 Å². The second-order valence-electron chi connectivity index (χ2n) is 4.14. The zero-order valence-corrected chi connectivity index (χ0v) is 11.8. The topological polar surface area (TPSA) is 92.8 Å². The van der Waals surface area contributed by atoms with Gasteiger partial charge in [-0.3, -0.25) is 4.79 Å². The summed E-state index contributed by atoms with van der Waals surface area (Å²) in [5.74, 6) is 1.02. The van der Waals surface area contributed by atoms with E-state index in [1.807, 2.05) is 0 Å². The lowest BCUT2D eigenvalue weighted by molar-refractivity contribution is -0.109. The van der Waals surface area contributed by atoms with E-state index in [1.165, 1.54) is 14.0 Å². The molecule has 5 nitrogen and oxygen atoms in total. The Labute approximate surface area is 116 Å². The molecule has 6 heteroatoms. The lowest BCUT2D eigenvalue weighted by Crippen LogP contribution is -2.20. The second-order valence-corrected chi connectivity index (χ2v) is 5.41. The molecule has 2 atom stereocenters. The van der Waals surface area contributed by atoms with Gasteiger partial charge in [-0.25, -0.2) is 0 Å². The quantitative estimate of drug-likeness (QED) is 0.683. The molecular weight excluding hydrogens is 266 g/mol. The number of benzene rings is 1. The van der Waals surface area contributed by atoms with E-state index in [2.05, 4.69) is 0 Å². The van der Waals surface area contributed by atoms with E-state index in [9.17, 15) is 15.0 Å². The average molecular weight is 285 g/mol. The molecule has 0 heterocycles. The van der Waals surface area contributed by atoms with Crippen LogP contribution in [0.2, 0.25) is 0 Å². The van der Waals surface area contributed by atoms with Gasteiger partial charge in [0.05, 0.1) is 13.2 Å². The average Bonchev–Trinajstić information content (AvgIpc) is 2.38. The first-order valence-corrected chi connectivity index (χ1v) is 6.87. The van der Waals surface area contributed by atoms with Gasteiger partial charge in [-0.2, -0.15) is 0 Å². The lowest BCUT2D eigenvalue weighted by Gasteiger charge is -2.20. The van der Waals surface area contributed by atoms with E-state index in [1.54, 1.807) is 18.2 Å². The molecule has 1 aromatic rings. The van der Waals surface area contributed by atoms with Crippen LogP contribution in [0.25, 0.3) is 0 Å². The summed E-state index contributed by atoms with van der Waals surface area (Å²) in [4.78, 5) is 10.8. The Hall–Kier alpha value is -1.24. The molecule has 0 bridgehead atoms. The summed E-state index contributed by atoms with van der Waals surface area (Å²) in [5, 5.41) is 20.0. The Morgan fingerprint density at radius 3 is 2.74 bits per heavy atom. The molecule has 106 valence electrons. The fourth-order valence-corrected chi connectivity index (χ4v) is 2.27. The highest BCUT2D eigenvalue weighted by Crippen LogP contribution is 2.28. The van der Waals surface area contributed by atoms with E-state index < -0.39 is 12.2 Å². The number of anilines is 1. The van der Waals surface area contributed by atoms with Crippen LogP contribution in [0.15, 0.2) is 18.2 Å². The summed E-state index contributed by atoms with van der Waals surface area (Å²) >= 11 is 1.12. The second kappa shape index (κ2) is 7.37. The summed E-state index contributed by atoms with van der Waals surface area (Å²) in [6.07, 6.45) is -1.76. The number of methoxy groups -OCH3 is 1. The molecule has 0 aliphatic carbocycles. The van der Waals surface area contributed by atoms with Gasteiger partial charge in [0.15, 0.2) is 5.12 Å². The number of ether oxygens (including phenoxy) is 1. The van der Waals surface area contributed by atoms with Gasteiger partial charge in [-0.15, -0.1) is 0 Å². The minimum absolute atomic E-state index is 0.0115. The van der Waals surface area contributed by atoms with Gasteiger partial charge in [0.1, 0.15) is 11.9 Å². The standard InChI is InChI=1S/C13H19NO4S/c1-8(15)19-6-5-12(16)13(17)10-7-9(18-2)3-4-11(10)14/h3-4,7,12-13,16-17H,5-6,14H2,1-2H3. The van der Waals surface area contributed by atoms with Crippen LogP contribution in [-0.4, -0.2) is 34.3 Å². The van der Waals surface area contributed by atoms with Crippen LogP contribution in [-0.2, 0) is 4.79 Å². The van der Waals surface area contributed by atoms with E-state index in [4.69, 9.17) is 10.5 Å². The van der Waals surface area contributed by atoms with Crippen LogP contribution in [0.5, 0.6) is 5.75 Å². The number of carbonyl (C=O) groups is 1. The fourth-order valence-electron chi connectivity index (χ4n) is 1.62. The smallest absolute Gasteiger partial charge is 0.185 e. The maximum Gasteiger partial charge on any atom is 0.185 e. The van der Waals surface area contributed by atoms with Crippen molar-refractivity contribution in [3.63, 3.8) is 0 Å². The van der Waals surface area contributed by atoms with E-state index in [0.717, 1.165) is 11.8 Å². The Bertz CT molecular complexity index is 439. The summed E-state index contributed by atoms with van der Waals surface area (Å²) < 4.78 is 5.06. The largest absolute Gasteiger partial charge is 0.497 e. The number of hydrogen-bond acceptors (Lipinski definition) is 6. The van der Waals surface area contributed by atoms with Crippen LogP contribution in [0, 0.1) is 0 Å². The number of nitrogens with two attached hydrogens (primary N) is 1. The van der Waals surface area contributed by atoms with Crippen LogP contribution in [0.3, 0.4) is 0 Å². The highest BCUT2D eigenvalue weighted by molar-refractivity contribution is 8.13. The number of aliphatic hydroxyl groups is 2. The predicted octanol–water partition coefficient (Wildman–Crippen LogP) is 1.34. The third-order valence-electron chi connectivity index (χ3n) is 2.70. The SMILES string of the molecule is COc1ccc(N)c(C(O)C(O)CCSC(C)=O)c1. The summed E-state index contributed by atoms with van der Waals surface area (Å²) in [6.45, 7) is 1.47. The molecule has 0 saturated heterocycles. The third kappa shape index (κ3) is 4.74. The van der Waals surface area contributed by atoms with Gasteiger partial charge in [0, 0.05) is 23.9 Å². The molecule has 0 aromatic heterocycles. The highest BCUT2D eigenvalue weighted by Gasteiger charge is 2.21. The minimum Gasteiger partial charge on any atom is -0.497 e. The molecule has 1 rings (SSSR count). The first-order valence-electron chi connectivity index (χ1n) is 5.88. The van der Waals surface area contributed by atoms with Gasteiger partial charge in [-0.05, 0) is 24.6 Å². The van der Waals surface area contributed by atoms with Crippen LogP contribution in [0.1, 0.15) is 25.0 Å². The zero-order valence-electron chi connectivity index (χ0n) is 11.0. The van der Waals surface area contributed by atoms with E-state index >= 15 is 0 Å². The minimum atomic E-state index is -1.09. The Morgan fingerprint density at radius 1 is 1.47 bits per heavy atom. The Kier molecular flexibility index (Phi) is 6.14. The molecule has 1 aromatic carbocycles. The van der Waals surface area contributed by atoms with Gasteiger partial charge in [0.2, 0.25) is 0 Å². The third-order valence-corrected chi connectivity index (χ3v) is 3.54. The van der Waals surface area contributed by atoms with Gasteiger partial charge < -0.3 is 20.7 Å². The fraction of sp³-hybridized carbons (Fsp3) is 0.462. The molecule has 0 amide bonds. The van der Waals surface area contributed by atoms with E-state index in [-0.39, 0.29) is 5.12 Å². The number of thioether (sulfide) groups is 1. The molecule has 4 N–H and O–H groups in total. The zero-order chi connectivity index (χ0) is 14.4. The summed E-state index contributed by atoms with van der Waals surface area (Å²) in [6, 6.07) is 4.90. The highest BCUT2D eigenvalue weighted by atomic mass is 32.2. The number of nitrogen functional groups attached to an aromatic ring is 1. The van der Waals surface area contributed by atoms with Crippen LogP contribution < -0.4 is 10.5 Å². The predicted molar refractivity (Wildman–Crippen MR) is 76.1 cm³/mol. The van der Waals surface area contributed by atoms with Crippen molar-refractivity contribution < 1.29 is 19.7 Å².